The average molecular weight is 243 g/mol. The maximum absolute atomic E-state index is 10.5. The zero-order valence-electron chi connectivity index (χ0n) is 8.47. The van der Waals surface area contributed by atoms with Crippen LogP contribution in [0.4, 0.5) is 0 Å². The Balaban J connectivity index is 2.81. The van der Waals surface area contributed by atoms with Crippen LogP contribution < -0.4 is 0 Å². The highest BCUT2D eigenvalue weighted by Gasteiger charge is 1.98. The lowest BCUT2D eigenvalue weighted by Gasteiger charge is -2.03. The molecule has 0 saturated carbocycles. The summed E-state index contributed by atoms with van der Waals surface area (Å²) in [6.07, 6.45) is 3.35. The monoisotopic (exact) mass is 242 g/mol. The number of aryl methyl sites for hydroxylation is 1. The second-order valence-corrected chi connectivity index (χ2v) is 4.01. The van der Waals surface area contributed by atoms with Crippen molar-refractivity contribution in [3.8, 4) is 0 Å². The van der Waals surface area contributed by atoms with E-state index < -0.39 is 0 Å². The molecule has 0 radical (unpaired) electrons. The Morgan fingerprint density at radius 1 is 1.47 bits per heavy atom. The molecule has 1 nitrogen and oxygen atoms in total. The lowest BCUT2D eigenvalue weighted by Crippen LogP contribution is -1.91. The molecule has 0 aliphatic heterocycles. The minimum absolute atomic E-state index is 0.260. The van der Waals surface area contributed by atoms with E-state index in [0.29, 0.717) is 12.0 Å². The van der Waals surface area contributed by atoms with E-state index in [0.717, 1.165) is 22.4 Å². The van der Waals surface area contributed by atoms with Gasteiger partial charge < -0.3 is 0 Å². The summed E-state index contributed by atoms with van der Waals surface area (Å²) in [5.41, 5.74) is 2.90. The van der Waals surface area contributed by atoms with Crippen LogP contribution in [0.5, 0.6) is 0 Å². The third-order valence-electron chi connectivity index (χ3n) is 2.19. The molecule has 0 aromatic heterocycles. The van der Waals surface area contributed by atoms with Gasteiger partial charge in [0, 0.05) is 10.6 Å². The van der Waals surface area contributed by atoms with Crippen LogP contribution in [0.1, 0.15) is 11.1 Å². The molecular formula is C12H12Cl2O. The summed E-state index contributed by atoms with van der Waals surface area (Å²) in [4.78, 5) is 10.5. The van der Waals surface area contributed by atoms with Gasteiger partial charge in [-0.25, -0.2) is 0 Å². The maximum Gasteiger partial charge on any atom is 0.146 e. The van der Waals surface area contributed by atoms with Crippen molar-refractivity contribution in [3.05, 3.63) is 46.0 Å². The molecule has 1 aromatic rings. The average Bonchev–Trinajstić information content (AvgIpc) is 2.22. The van der Waals surface area contributed by atoms with Crippen LogP contribution in [-0.2, 0) is 11.2 Å². The molecule has 1 rings (SSSR count). The van der Waals surface area contributed by atoms with Gasteiger partial charge >= 0.3 is 0 Å². The Bertz CT molecular complexity index is 383. The SMILES string of the molecule is Cc1cc(Cl)ccc1C/C=C(/C=O)CCl. The molecule has 1 aromatic carbocycles. The first-order valence-corrected chi connectivity index (χ1v) is 5.54. The van der Waals surface area contributed by atoms with E-state index in [1.807, 2.05) is 31.2 Å². The van der Waals surface area contributed by atoms with Gasteiger partial charge in [-0.2, -0.15) is 0 Å². The molecule has 0 fully saturated rings. The van der Waals surface area contributed by atoms with E-state index in [1.54, 1.807) is 0 Å². The molecule has 0 amide bonds. The molecule has 15 heavy (non-hydrogen) atoms. The lowest BCUT2D eigenvalue weighted by atomic mass is 10.0. The van der Waals surface area contributed by atoms with Gasteiger partial charge in [0.05, 0.1) is 5.88 Å². The standard InChI is InChI=1S/C12H12Cl2O/c1-9-6-12(14)5-4-11(9)3-2-10(7-13)8-15/h2,4-6,8H,3,7H2,1H3/b10-2+. The van der Waals surface area contributed by atoms with Crippen molar-refractivity contribution in [2.75, 3.05) is 5.88 Å². The van der Waals surface area contributed by atoms with Crippen molar-refractivity contribution in [1.82, 2.24) is 0 Å². The van der Waals surface area contributed by atoms with Crippen LogP contribution in [0.2, 0.25) is 5.02 Å². The molecule has 0 aliphatic carbocycles. The maximum atomic E-state index is 10.5. The first kappa shape index (κ1) is 12.3. The summed E-state index contributed by atoms with van der Waals surface area (Å²) in [5.74, 6) is 0.260. The summed E-state index contributed by atoms with van der Waals surface area (Å²) in [7, 11) is 0. The summed E-state index contributed by atoms with van der Waals surface area (Å²) in [6.45, 7) is 2.00. The van der Waals surface area contributed by atoms with E-state index >= 15 is 0 Å². The Morgan fingerprint density at radius 2 is 2.20 bits per heavy atom. The van der Waals surface area contributed by atoms with Crippen molar-refractivity contribution in [1.29, 1.82) is 0 Å². The van der Waals surface area contributed by atoms with E-state index in [4.69, 9.17) is 23.2 Å². The summed E-state index contributed by atoms with van der Waals surface area (Å²) in [5, 5.41) is 0.730. The van der Waals surface area contributed by atoms with Gasteiger partial charge in [0.1, 0.15) is 6.29 Å². The number of carbonyl (C=O) groups is 1. The topological polar surface area (TPSA) is 17.1 Å². The number of benzene rings is 1. The van der Waals surface area contributed by atoms with Gasteiger partial charge in [-0.05, 0) is 36.6 Å². The van der Waals surface area contributed by atoms with Crippen molar-refractivity contribution in [2.45, 2.75) is 13.3 Å². The molecule has 0 N–H and O–H groups in total. The van der Waals surface area contributed by atoms with E-state index in [1.165, 1.54) is 0 Å². The highest BCUT2D eigenvalue weighted by atomic mass is 35.5. The van der Waals surface area contributed by atoms with Crippen molar-refractivity contribution >= 4 is 29.5 Å². The van der Waals surface area contributed by atoms with Crippen LogP contribution in [0, 0.1) is 6.92 Å². The number of hydrogen-bond donors (Lipinski definition) is 0. The molecule has 3 heteroatoms. The molecule has 0 spiro atoms. The highest BCUT2D eigenvalue weighted by Crippen LogP contribution is 2.16. The normalized spacial score (nSPS) is 11.5. The van der Waals surface area contributed by atoms with Crippen LogP contribution >= 0.6 is 23.2 Å². The van der Waals surface area contributed by atoms with Gasteiger partial charge in [-0.15, -0.1) is 11.6 Å². The zero-order valence-corrected chi connectivity index (χ0v) is 9.98. The van der Waals surface area contributed by atoms with E-state index in [-0.39, 0.29) is 5.88 Å². The number of alkyl halides is 1. The Hall–Kier alpha value is -0.790. The number of rotatable bonds is 4. The van der Waals surface area contributed by atoms with Gasteiger partial charge in [0.2, 0.25) is 0 Å². The summed E-state index contributed by atoms with van der Waals surface area (Å²) in [6, 6.07) is 5.72. The third-order valence-corrected chi connectivity index (χ3v) is 2.74. The highest BCUT2D eigenvalue weighted by molar-refractivity contribution is 6.30. The number of carbonyl (C=O) groups excluding carboxylic acids is 1. The first-order chi connectivity index (χ1) is 7.17. The van der Waals surface area contributed by atoms with Crippen LogP contribution in [-0.4, -0.2) is 12.2 Å². The van der Waals surface area contributed by atoms with Gasteiger partial charge in [0.25, 0.3) is 0 Å². The molecule has 0 unspecified atom stereocenters. The molecule has 0 atom stereocenters. The fourth-order valence-corrected chi connectivity index (χ4v) is 1.66. The van der Waals surface area contributed by atoms with Crippen molar-refractivity contribution in [2.24, 2.45) is 0 Å². The Morgan fingerprint density at radius 3 is 2.73 bits per heavy atom. The van der Waals surface area contributed by atoms with Crippen molar-refractivity contribution in [3.63, 3.8) is 0 Å². The Labute approximate surface area is 99.7 Å². The minimum atomic E-state index is 0.260. The van der Waals surface area contributed by atoms with Crippen molar-refractivity contribution < 1.29 is 4.79 Å². The summed E-state index contributed by atoms with van der Waals surface area (Å²) < 4.78 is 0. The largest absolute Gasteiger partial charge is 0.298 e. The zero-order chi connectivity index (χ0) is 11.3. The van der Waals surface area contributed by atoms with Crippen LogP contribution in [0.25, 0.3) is 0 Å². The number of allylic oxidation sites excluding steroid dienone is 2. The Kier molecular flexibility index (Phi) is 4.86. The molecule has 0 heterocycles. The lowest BCUT2D eigenvalue weighted by molar-refractivity contribution is -0.104. The second kappa shape index (κ2) is 5.94. The van der Waals surface area contributed by atoms with Crippen LogP contribution in [0.15, 0.2) is 29.8 Å². The van der Waals surface area contributed by atoms with Crippen LogP contribution in [0.3, 0.4) is 0 Å². The number of aldehydes is 1. The second-order valence-electron chi connectivity index (χ2n) is 3.31. The van der Waals surface area contributed by atoms with E-state index in [9.17, 15) is 4.79 Å². The predicted octanol–water partition coefficient (Wildman–Crippen LogP) is 3.56. The predicted molar refractivity (Wildman–Crippen MR) is 64.8 cm³/mol. The summed E-state index contributed by atoms with van der Waals surface area (Å²) >= 11 is 11.4. The smallest absolute Gasteiger partial charge is 0.146 e. The third kappa shape index (κ3) is 3.69. The fraction of sp³-hybridized carbons (Fsp3) is 0.250. The quantitative estimate of drug-likeness (QED) is 0.449. The van der Waals surface area contributed by atoms with Gasteiger partial charge in [0.15, 0.2) is 0 Å². The van der Waals surface area contributed by atoms with Gasteiger partial charge in [-0.1, -0.05) is 23.7 Å². The van der Waals surface area contributed by atoms with Gasteiger partial charge in [-0.3, -0.25) is 4.79 Å². The molecule has 0 bridgehead atoms. The molecular weight excluding hydrogens is 231 g/mol. The number of hydrogen-bond acceptors (Lipinski definition) is 1. The fourth-order valence-electron chi connectivity index (χ4n) is 1.26. The molecule has 0 aliphatic rings. The minimum Gasteiger partial charge on any atom is -0.298 e. The number of halogens is 2. The first-order valence-electron chi connectivity index (χ1n) is 4.62. The molecule has 80 valence electrons. The van der Waals surface area contributed by atoms with E-state index in [2.05, 4.69) is 0 Å². The molecule has 0 saturated heterocycles.